The van der Waals surface area contributed by atoms with Crippen LogP contribution in [0.15, 0.2) is 35.1 Å². The lowest BCUT2D eigenvalue weighted by molar-refractivity contribution is 0.107. The largest absolute Gasteiger partial charge is 0.491 e. The zero-order valence-corrected chi connectivity index (χ0v) is 14.5. The van der Waals surface area contributed by atoms with Crippen LogP contribution in [0.5, 0.6) is 5.75 Å². The molecule has 5 N–H and O–H groups in total. The average molecular weight is 347 g/mol. The Labute approximate surface area is 146 Å². The van der Waals surface area contributed by atoms with Gasteiger partial charge in [0.25, 0.3) is 0 Å². The fourth-order valence-corrected chi connectivity index (χ4v) is 2.21. The molecule has 0 aliphatic rings. The van der Waals surface area contributed by atoms with Crippen molar-refractivity contribution in [2.24, 2.45) is 7.05 Å². The van der Waals surface area contributed by atoms with Gasteiger partial charge in [-0.3, -0.25) is 4.57 Å². The number of nitrogens with one attached hydrogen (secondary N) is 2. The summed E-state index contributed by atoms with van der Waals surface area (Å²) < 4.78 is 6.79. The van der Waals surface area contributed by atoms with Crippen LogP contribution >= 0.6 is 0 Å². The Hall–Kier alpha value is -2.58. The van der Waals surface area contributed by atoms with Gasteiger partial charge in [0, 0.05) is 32.2 Å². The molecule has 8 nitrogen and oxygen atoms in total. The summed E-state index contributed by atoms with van der Waals surface area (Å²) in [5, 5.41) is 16.1. The summed E-state index contributed by atoms with van der Waals surface area (Å²) in [4.78, 5) is 15.6. The number of hydrogen-bond donors (Lipinski definition) is 4. The second-order valence-corrected chi connectivity index (χ2v) is 5.72. The van der Waals surface area contributed by atoms with E-state index in [2.05, 4.69) is 15.6 Å². The standard InChI is InChI=1S/C17H25N5O3/c1-12-15(18)22(2)17(24)21-16(12)20-9-8-19-10-13(23)11-25-14-6-4-3-5-7-14/h3-7,13,19,23H,8-11,18H2,1-2H3,(H,20,21,24). The van der Waals surface area contributed by atoms with Crippen molar-refractivity contribution in [2.45, 2.75) is 13.0 Å². The van der Waals surface area contributed by atoms with Gasteiger partial charge in [-0.05, 0) is 19.1 Å². The quantitative estimate of drug-likeness (QED) is 0.476. The number of nitrogens with two attached hydrogens (primary N) is 1. The molecule has 0 bridgehead atoms. The molecule has 1 heterocycles. The van der Waals surface area contributed by atoms with E-state index in [1.54, 1.807) is 7.05 Å². The number of aromatic nitrogens is 2. The Morgan fingerprint density at radius 1 is 1.32 bits per heavy atom. The molecular weight excluding hydrogens is 322 g/mol. The maximum absolute atomic E-state index is 11.6. The van der Waals surface area contributed by atoms with Crippen LogP contribution in [0.1, 0.15) is 5.56 Å². The zero-order valence-electron chi connectivity index (χ0n) is 14.5. The fourth-order valence-electron chi connectivity index (χ4n) is 2.21. The molecule has 0 aliphatic heterocycles. The van der Waals surface area contributed by atoms with Gasteiger partial charge in [0.05, 0.1) is 0 Å². The smallest absolute Gasteiger partial charge is 0.350 e. The lowest BCUT2D eigenvalue weighted by Crippen LogP contribution is -2.34. The third-order valence-electron chi connectivity index (χ3n) is 3.75. The average Bonchev–Trinajstić information content (AvgIpc) is 2.62. The van der Waals surface area contributed by atoms with Crippen LogP contribution in [0.25, 0.3) is 0 Å². The highest BCUT2D eigenvalue weighted by molar-refractivity contribution is 5.54. The SMILES string of the molecule is Cc1c(NCCNCC(O)COc2ccccc2)nc(=O)n(C)c1N. The van der Waals surface area contributed by atoms with Crippen molar-refractivity contribution in [2.75, 3.05) is 37.3 Å². The fraction of sp³-hybridized carbons (Fsp3) is 0.412. The molecule has 0 amide bonds. The summed E-state index contributed by atoms with van der Waals surface area (Å²) >= 11 is 0. The van der Waals surface area contributed by atoms with Crippen molar-refractivity contribution < 1.29 is 9.84 Å². The van der Waals surface area contributed by atoms with Gasteiger partial charge in [-0.1, -0.05) is 18.2 Å². The summed E-state index contributed by atoms with van der Waals surface area (Å²) in [5.41, 5.74) is 6.19. The molecular formula is C17H25N5O3. The number of nitrogens with zero attached hydrogens (tertiary/aromatic N) is 2. The molecule has 0 aliphatic carbocycles. The molecule has 1 unspecified atom stereocenters. The maximum atomic E-state index is 11.6. The van der Waals surface area contributed by atoms with E-state index in [0.29, 0.717) is 31.3 Å². The van der Waals surface area contributed by atoms with E-state index < -0.39 is 11.8 Å². The third-order valence-corrected chi connectivity index (χ3v) is 3.75. The molecule has 25 heavy (non-hydrogen) atoms. The number of aliphatic hydroxyl groups excluding tert-OH is 1. The molecule has 2 rings (SSSR count). The molecule has 0 radical (unpaired) electrons. The maximum Gasteiger partial charge on any atom is 0.350 e. The molecule has 0 fully saturated rings. The zero-order chi connectivity index (χ0) is 18.2. The van der Waals surface area contributed by atoms with E-state index in [4.69, 9.17) is 10.5 Å². The van der Waals surface area contributed by atoms with Crippen molar-refractivity contribution >= 4 is 11.6 Å². The molecule has 0 spiro atoms. The number of para-hydroxylation sites is 1. The van der Waals surface area contributed by atoms with Crippen LogP contribution in [0.3, 0.4) is 0 Å². The third kappa shape index (κ3) is 5.47. The van der Waals surface area contributed by atoms with E-state index in [1.807, 2.05) is 37.3 Å². The molecule has 1 atom stereocenters. The topological polar surface area (TPSA) is 114 Å². The second-order valence-electron chi connectivity index (χ2n) is 5.72. The summed E-state index contributed by atoms with van der Waals surface area (Å²) in [7, 11) is 1.59. The first kappa shape index (κ1) is 18.8. The predicted molar refractivity (Wildman–Crippen MR) is 97.9 cm³/mol. The number of nitrogen functional groups attached to an aromatic ring is 1. The highest BCUT2D eigenvalue weighted by atomic mass is 16.5. The minimum atomic E-state index is -0.611. The number of benzene rings is 1. The molecule has 8 heteroatoms. The number of anilines is 2. The van der Waals surface area contributed by atoms with Gasteiger partial charge in [0.15, 0.2) is 0 Å². The van der Waals surface area contributed by atoms with Gasteiger partial charge in [-0.15, -0.1) is 0 Å². The van der Waals surface area contributed by atoms with Crippen molar-refractivity contribution in [1.29, 1.82) is 0 Å². The van der Waals surface area contributed by atoms with Crippen LogP contribution < -0.4 is 26.8 Å². The van der Waals surface area contributed by atoms with Crippen LogP contribution in [0, 0.1) is 6.92 Å². The Kier molecular flexibility index (Phi) is 6.79. The van der Waals surface area contributed by atoms with Crippen LogP contribution in [-0.4, -0.2) is 47.0 Å². The Bertz CT molecular complexity index is 733. The molecule has 0 saturated carbocycles. The molecule has 0 saturated heterocycles. The lowest BCUT2D eigenvalue weighted by Gasteiger charge is -2.15. The lowest BCUT2D eigenvalue weighted by atomic mass is 10.3. The monoisotopic (exact) mass is 347 g/mol. The summed E-state index contributed by atoms with van der Waals surface area (Å²) in [6.07, 6.45) is -0.611. The van der Waals surface area contributed by atoms with E-state index >= 15 is 0 Å². The van der Waals surface area contributed by atoms with E-state index in [0.717, 1.165) is 11.3 Å². The van der Waals surface area contributed by atoms with E-state index in [9.17, 15) is 9.90 Å². The van der Waals surface area contributed by atoms with Gasteiger partial charge in [0.1, 0.15) is 30.1 Å². The highest BCUT2D eigenvalue weighted by Crippen LogP contribution is 2.14. The second kappa shape index (κ2) is 9.05. The van der Waals surface area contributed by atoms with Gasteiger partial charge >= 0.3 is 5.69 Å². The van der Waals surface area contributed by atoms with E-state index in [1.165, 1.54) is 4.57 Å². The van der Waals surface area contributed by atoms with Gasteiger partial charge in [-0.25, -0.2) is 4.79 Å². The van der Waals surface area contributed by atoms with Gasteiger partial charge < -0.3 is 26.2 Å². The van der Waals surface area contributed by atoms with Crippen LogP contribution in [0.4, 0.5) is 11.6 Å². The first-order valence-electron chi connectivity index (χ1n) is 8.12. The highest BCUT2D eigenvalue weighted by Gasteiger charge is 2.09. The molecule has 1 aromatic heterocycles. The van der Waals surface area contributed by atoms with Crippen molar-refractivity contribution in [3.63, 3.8) is 0 Å². The normalized spacial score (nSPS) is 12.0. The molecule has 1 aromatic carbocycles. The number of rotatable bonds is 9. The number of ether oxygens (including phenoxy) is 1. The first-order valence-corrected chi connectivity index (χ1v) is 8.12. The Morgan fingerprint density at radius 3 is 2.76 bits per heavy atom. The minimum Gasteiger partial charge on any atom is -0.491 e. The Balaban J connectivity index is 1.67. The number of hydrogen-bond acceptors (Lipinski definition) is 7. The van der Waals surface area contributed by atoms with E-state index in [-0.39, 0.29) is 6.61 Å². The Morgan fingerprint density at radius 2 is 2.04 bits per heavy atom. The molecule has 2 aromatic rings. The summed E-state index contributed by atoms with van der Waals surface area (Å²) in [6.45, 7) is 3.57. The first-order chi connectivity index (χ1) is 12.0. The predicted octanol–water partition coefficient (Wildman–Crippen LogP) is 0.112. The number of aliphatic hydroxyl groups is 1. The van der Waals surface area contributed by atoms with Crippen molar-refractivity contribution in [3.8, 4) is 5.75 Å². The van der Waals surface area contributed by atoms with Crippen molar-refractivity contribution in [3.05, 3.63) is 46.4 Å². The van der Waals surface area contributed by atoms with Crippen molar-refractivity contribution in [1.82, 2.24) is 14.9 Å². The van der Waals surface area contributed by atoms with Crippen LogP contribution in [-0.2, 0) is 7.05 Å². The summed E-state index contributed by atoms with van der Waals surface area (Å²) in [6, 6.07) is 9.35. The minimum absolute atomic E-state index is 0.219. The van der Waals surface area contributed by atoms with Gasteiger partial charge in [-0.2, -0.15) is 4.98 Å². The molecule has 136 valence electrons. The summed E-state index contributed by atoms with van der Waals surface area (Å²) in [5.74, 6) is 1.60. The van der Waals surface area contributed by atoms with Crippen LogP contribution in [0.2, 0.25) is 0 Å². The van der Waals surface area contributed by atoms with Gasteiger partial charge in [0.2, 0.25) is 0 Å².